The number of hydrogen-bond donors (Lipinski definition) is 1. The van der Waals surface area contributed by atoms with Crippen molar-refractivity contribution in [3.63, 3.8) is 0 Å². The SMILES string of the molecule is C[C@H]1CNCCN1CCOc1cccc2ccccc12.Cl. The molecule has 0 aliphatic carbocycles. The summed E-state index contributed by atoms with van der Waals surface area (Å²) in [5, 5.41) is 5.85. The van der Waals surface area contributed by atoms with Crippen LogP contribution >= 0.6 is 12.4 Å². The van der Waals surface area contributed by atoms with Crippen molar-refractivity contribution in [2.24, 2.45) is 0 Å². The van der Waals surface area contributed by atoms with Crippen LogP contribution in [0, 0.1) is 0 Å². The number of ether oxygens (including phenoxy) is 1. The Morgan fingerprint density at radius 3 is 2.86 bits per heavy atom. The summed E-state index contributed by atoms with van der Waals surface area (Å²) in [5.41, 5.74) is 0. The zero-order valence-electron chi connectivity index (χ0n) is 12.4. The molecule has 3 rings (SSSR count). The molecule has 0 saturated carbocycles. The van der Waals surface area contributed by atoms with Crippen LogP contribution in [0.5, 0.6) is 5.75 Å². The largest absolute Gasteiger partial charge is 0.492 e. The van der Waals surface area contributed by atoms with Crippen molar-refractivity contribution in [1.82, 2.24) is 10.2 Å². The monoisotopic (exact) mass is 306 g/mol. The molecule has 0 unspecified atom stereocenters. The maximum atomic E-state index is 6.01. The molecule has 1 atom stereocenters. The van der Waals surface area contributed by atoms with Gasteiger partial charge in [0.15, 0.2) is 0 Å². The van der Waals surface area contributed by atoms with E-state index < -0.39 is 0 Å². The predicted molar refractivity (Wildman–Crippen MR) is 90.6 cm³/mol. The molecule has 114 valence electrons. The molecular weight excluding hydrogens is 284 g/mol. The lowest BCUT2D eigenvalue weighted by Crippen LogP contribution is -2.50. The number of fused-ring (bicyclic) bond motifs is 1. The minimum Gasteiger partial charge on any atom is -0.492 e. The molecule has 2 aromatic rings. The molecule has 0 spiro atoms. The van der Waals surface area contributed by atoms with Crippen molar-refractivity contribution >= 4 is 23.2 Å². The number of piperazine rings is 1. The van der Waals surface area contributed by atoms with Crippen LogP contribution in [0.1, 0.15) is 6.92 Å². The Kier molecular flexibility index (Phi) is 5.85. The van der Waals surface area contributed by atoms with Crippen molar-refractivity contribution in [3.05, 3.63) is 42.5 Å². The molecule has 3 nitrogen and oxygen atoms in total. The fraction of sp³-hybridized carbons (Fsp3) is 0.412. The number of benzene rings is 2. The molecule has 21 heavy (non-hydrogen) atoms. The van der Waals surface area contributed by atoms with Crippen molar-refractivity contribution < 1.29 is 4.74 Å². The van der Waals surface area contributed by atoms with E-state index in [4.69, 9.17) is 4.74 Å². The summed E-state index contributed by atoms with van der Waals surface area (Å²) < 4.78 is 6.01. The highest BCUT2D eigenvalue weighted by molar-refractivity contribution is 5.88. The Bertz CT molecular complexity index is 570. The predicted octanol–water partition coefficient (Wildman–Crippen LogP) is 2.93. The van der Waals surface area contributed by atoms with Gasteiger partial charge in [0.2, 0.25) is 0 Å². The third-order valence-corrected chi connectivity index (χ3v) is 4.02. The second-order valence-corrected chi connectivity index (χ2v) is 5.41. The number of rotatable bonds is 4. The van der Waals surface area contributed by atoms with Crippen molar-refractivity contribution in [1.29, 1.82) is 0 Å². The van der Waals surface area contributed by atoms with E-state index in [9.17, 15) is 0 Å². The summed E-state index contributed by atoms with van der Waals surface area (Å²) in [4.78, 5) is 2.49. The summed E-state index contributed by atoms with van der Waals surface area (Å²) in [5.74, 6) is 0.992. The Morgan fingerprint density at radius 2 is 2.00 bits per heavy atom. The van der Waals surface area contributed by atoms with Gasteiger partial charge in [-0.3, -0.25) is 4.90 Å². The van der Waals surface area contributed by atoms with Crippen LogP contribution in [-0.2, 0) is 0 Å². The van der Waals surface area contributed by atoms with Gasteiger partial charge in [0.05, 0.1) is 0 Å². The lowest BCUT2D eigenvalue weighted by atomic mass is 10.1. The minimum absolute atomic E-state index is 0. The fourth-order valence-electron chi connectivity index (χ4n) is 2.81. The zero-order valence-corrected chi connectivity index (χ0v) is 13.2. The summed E-state index contributed by atoms with van der Waals surface area (Å²) >= 11 is 0. The topological polar surface area (TPSA) is 24.5 Å². The van der Waals surface area contributed by atoms with E-state index in [0.29, 0.717) is 6.04 Å². The Labute approximate surface area is 132 Å². The summed E-state index contributed by atoms with van der Waals surface area (Å²) in [6, 6.07) is 15.2. The molecule has 1 N–H and O–H groups in total. The van der Waals surface area contributed by atoms with Crippen LogP contribution in [0.15, 0.2) is 42.5 Å². The molecule has 0 amide bonds. The average molecular weight is 307 g/mol. The van der Waals surface area contributed by atoms with Gasteiger partial charge in [0.1, 0.15) is 12.4 Å². The summed E-state index contributed by atoms with van der Waals surface area (Å²) in [6.45, 7) is 7.28. The zero-order chi connectivity index (χ0) is 13.8. The van der Waals surface area contributed by atoms with E-state index in [1.54, 1.807) is 0 Å². The Hall–Kier alpha value is -1.29. The van der Waals surface area contributed by atoms with Gasteiger partial charge >= 0.3 is 0 Å². The molecule has 2 aromatic carbocycles. The lowest BCUT2D eigenvalue weighted by Gasteiger charge is -2.33. The molecule has 0 aromatic heterocycles. The maximum absolute atomic E-state index is 6.01. The fourth-order valence-corrected chi connectivity index (χ4v) is 2.81. The van der Waals surface area contributed by atoms with Crippen LogP contribution in [-0.4, -0.2) is 43.7 Å². The number of halogens is 1. The molecule has 1 aliphatic rings. The van der Waals surface area contributed by atoms with Gasteiger partial charge in [-0.1, -0.05) is 36.4 Å². The van der Waals surface area contributed by atoms with E-state index in [1.807, 2.05) is 0 Å². The molecule has 1 saturated heterocycles. The second-order valence-electron chi connectivity index (χ2n) is 5.41. The van der Waals surface area contributed by atoms with Gasteiger partial charge < -0.3 is 10.1 Å². The molecule has 1 fully saturated rings. The number of nitrogens with one attached hydrogen (secondary N) is 1. The van der Waals surface area contributed by atoms with Crippen molar-refractivity contribution in [2.75, 3.05) is 32.8 Å². The number of hydrogen-bond acceptors (Lipinski definition) is 3. The van der Waals surface area contributed by atoms with Crippen LogP contribution in [0.25, 0.3) is 10.8 Å². The summed E-state index contributed by atoms with van der Waals surface area (Å²) in [6.07, 6.45) is 0. The highest BCUT2D eigenvalue weighted by Crippen LogP contribution is 2.25. The van der Waals surface area contributed by atoms with E-state index in [-0.39, 0.29) is 12.4 Å². The first-order valence-electron chi connectivity index (χ1n) is 7.40. The van der Waals surface area contributed by atoms with Gasteiger partial charge in [0.25, 0.3) is 0 Å². The second kappa shape index (κ2) is 7.64. The molecule has 4 heteroatoms. The summed E-state index contributed by atoms with van der Waals surface area (Å²) in [7, 11) is 0. The first-order chi connectivity index (χ1) is 9.84. The lowest BCUT2D eigenvalue weighted by molar-refractivity contribution is 0.144. The molecule has 1 aliphatic heterocycles. The molecule has 0 radical (unpaired) electrons. The van der Waals surface area contributed by atoms with Crippen LogP contribution in [0.4, 0.5) is 0 Å². The Morgan fingerprint density at radius 1 is 1.19 bits per heavy atom. The van der Waals surface area contributed by atoms with Gasteiger partial charge in [-0.15, -0.1) is 12.4 Å². The van der Waals surface area contributed by atoms with E-state index in [2.05, 4.69) is 59.6 Å². The minimum atomic E-state index is 0. The quantitative estimate of drug-likeness (QED) is 0.940. The average Bonchev–Trinajstić information content (AvgIpc) is 2.49. The smallest absolute Gasteiger partial charge is 0.127 e. The number of nitrogens with zero attached hydrogens (tertiary/aromatic N) is 1. The third-order valence-electron chi connectivity index (χ3n) is 4.02. The molecule has 1 heterocycles. The standard InChI is InChI=1S/C17H22N2O.ClH/c1-14-13-18-9-10-19(14)11-12-20-17-8-4-6-15-5-2-3-7-16(15)17;/h2-8,14,18H,9-13H2,1H3;1H/t14-;/m0./s1. The van der Waals surface area contributed by atoms with E-state index in [1.165, 1.54) is 10.8 Å². The highest BCUT2D eigenvalue weighted by atomic mass is 35.5. The van der Waals surface area contributed by atoms with Crippen LogP contribution in [0.2, 0.25) is 0 Å². The Balaban J connectivity index is 0.00000161. The van der Waals surface area contributed by atoms with Gasteiger partial charge in [-0.2, -0.15) is 0 Å². The van der Waals surface area contributed by atoms with Crippen molar-refractivity contribution in [2.45, 2.75) is 13.0 Å². The van der Waals surface area contributed by atoms with Crippen LogP contribution in [0.3, 0.4) is 0 Å². The molecule has 0 bridgehead atoms. The maximum Gasteiger partial charge on any atom is 0.127 e. The van der Waals surface area contributed by atoms with Gasteiger partial charge in [-0.25, -0.2) is 0 Å². The van der Waals surface area contributed by atoms with Crippen molar-refractivity contribution in [3.8, 4) is 5.75 Å². The normalized spacial score (nSPS) is 19.2. The van der Waals surface area contributed by atoms with E-state index in [0.717, 1.165) is 38.5 Å². The van der Waals surface area contributed by atoms with Gasteiger partial charge in [-0.05, 0) is 18.4 Å². The third kappa shape index (κ3) is 3.88. The first kappa shape index (κ1) is 16.1. The highest BCUT2D eigenvalue weighted by Gasteiger charge is 2.17. The van der Waals surface area contributed by atoms with Crippen LogP contribution < -0.4 is 10.1 Å². The van der Waals surface area contributed by atoms with Gasteiger partial charge in [0, 0.05) is 37.6 Å². The van der Waals surface area contributed by atoms with E-state index >= 15 is 0 Å². The molecular formula is C17H23ClN2O. The first-order valence-corrected chi connectivity index (χ1v) is 7.40.